The molecule has 0 radical (unpaired) electrons. The summed E-state index contributed by atoms with van der Waals surface area (Å²) in [6, 6.07) is 16.3. The standard InChI is InChI=1S/C24H26N2O2/c1-17(2)19-7-4-6-10-23(19)28-16-24(27)26-13-11-18(12-14-26)21-15-25-22-9-5-3-8-20(21)22/h3-11,15,17,25H,12-14,16H2,1-2H3. The highest BCUT2D eigenvalue weighted by molar-refractivity contribution is 5.93. The van der Waals surface area contributed by atoms with E-state index in [0.29, 0.717) is 12.5 Å². The van der Waals surface area contributed by atoms with E-state index < -0.39 is 0 Å². The highest BCUT2D eigenvalue weighted by Gasteiger charge is 2.20. The normalized spacial score (nSPS) is 14.4. The molecule has 0 atom stereocenters. The molecule has 0 fully saturated rings. The van der Waals surface area contributed by atoms with Gasteiger partial charge in [0.1, 0.15) is 5.75 Å². The van der Waals surface area contributed by atoms with Crippen LogP contribution in [0.5, 0.6) is 5.75 Å². The van der Waals surface area contributed by atoms with E-state index in [2.05, 4.69) is 55.4 Å². The molecule has 4 nitrogen and oxygen atoms in total. The molecule has 0 saturated carbocycles. The van der Waals surface area contributed by atoms with Gasteiger partial charge in [-0.3, -0.25) is 4.79 Å². The van der Waals surface area contributed by atoms with Gasteiger partial charge in [-0.1, -0.05) is 56.3 Å². The number of fused-ring (bicyclic) bond motifs is 1. The summed E-state index contributed by atoms with van der Waals surface area (Å²) < 4.78 is 5.85. The minimum atomic E-state index is 0.0350. The van der Waals surface area contributed by atoms with E-state index in [-0.39, 0.29) is 12.5 Å². The number of hydrogen-bond donors (Lipinski definition) is 1. The number of carbonyl (C=O) groups excluding carboxylic acids is 1. The van der Waals surface area contributed by atoms with Gasteiger partial charge in [0.15, 0.2) is 6.61 Å². The Morgan fingerprint density at radius 3 is 2.71 bits per heavy atom. The van der Waals surface area contributed by atoms with Crippen LogP contribution in [0.2, 0.25) is 0 Å². The molecule has 3 aromatic rings. The first-order chi connectivity index (χ1) is 13.6. The van der Waals surface area contributed by atoms with Crippen LogP contribution < -0.4 is 4.74 Å². The van der Waals surface area contributed by atoms with Crippen molar-refractivity contribution < 1.29 is 9.53 Å². The summed E-state index contributed by atoms with van der Waals surface area (Å²) >= 11 is 0. The lowest BCUT2D eigenvalue weighted by Gasteiger charge is -2.26. The van der Waals surface area contributed by atoms with E-state index >= 15 is 0 Å². The predicted molar refractivity (Wildman–Crippen MR) is 113 cm³/mol. The molecular formula is C24H26N2O2. The number of aromatic nitrogens is 1. The molecule has 1 N–H and O–H groups in total. The van der Waals surface area contributed by atoms with Crippen LogP contribution in [0.25, 0.3) is 16.5 Å². The van der Waals surface area contributed by atoms with Gasteiger partial charge in [-0.15, -0.1) is 0 Å². The number of para-hydroxylation sites is 2. The molecule has 1 aliphatic rings. The van der Waals surface area contributed by atoms with Gasteiger partial charge in [0.05, 0.1) is 0 Å². The number of hydrogen-bond acceptors (Lipinski definition) is 2. The maximum Gasteiger partial charge on any atom is 0.260 e. The number of rotatable bonds is 5. The largest absolute Gasteiger partial charge is 0.483 e. The zero-order valence-corrected chi connectivity index (χ0v) is 16.4. The number of carbonyl (C=O) groups is 1. The molecule has 0 aliphatic carbocycles. The molecule has 2 heterocycles. The second kappa shape index (κ2) is 7.93. The van der Waals surface area contributed by atoms with Crippen molar-refractivity contribution >= 4 is 22.4 Å². The number of H-pyrrole nitrogens is 1. The van der Waals surface area contributed by atoms with E-state index in [1.807, 2.05) is 29.2 Å². The fraction of sp³-hybridized carbons (Fsp3) is 0.292. The van der Waals surface area contributed by atoms with Gasteiger partial charge in [0, 0.05) is 35.8 Å². The van der Waals surface area contributed by atoms with Crippen molar-refractivity contribution in [3.05, 3.63) is 71.9 Å². The zero-order chi connectivity index (χ0) is 19.5. The average Bonchev–Trinajstić information content (AvgIpc) is 3.16. The monoisotopic (exact) mass is 374 g/mol. The second-order valence-corrected chi connectivity index (χ2v) is 7.55. The first-order valence-electron chi connectivity index (χ1n) is 9.88. The quantitative estimate of drug-likeness (QED) is 0.684. The summed E-state index contributed by atoms with van der Waals surface area (Å²) in [6.07, 6.45) is 5.09. The van der Waals surface area contributed by atoms with Gasteiger partial charge >= 0.3 is 0 Å². The van der Waals surface area contributed by atoms with Crippen molar-refractivity contribution in [2.75, 3.05) is 19.7 Å². The van der Waals surface area contributed by atoms with Gasteiger partial charge < -0.3 is 14.6 Å². The summed E-state index contributed by atoms with van der Waals surface area (Å²) in [6.45, 7) is 5.69. The van der Waals surface area contributed by atoms with Crippen molar-refractivity contribution in [2.24, 2.45) is 0 Å². The van der Waals surface area contributed by atoms with Gasteiger partial charge in [0.25, 0.3) is 5.91 Å². The van der Waals surface area contributed by atoms with E-state index in [0.717, 1.165) is 29.8 Å². The number of ether oxygens (including phenoxy) is 1. The smallest absolute Gasteiger partial charge is 0.260 e. The van der Waals surface area contributed by atoms with Gasteiger partial charge in [-0.05, 0) is 35.6 Å². The minimum absolute atomic E-state index is 0.0350. The Morgan fingerprint density at radius 1 is 1.14 bits per heavy atom. The molecule has 1 amide bonds. The zero-order valence-electron chi connectivity index (χ0n) is 16.4. The van der Waals surface area contributed by atoms with Crippen LogP contribution in [0.3, 0.4) is 0 Å². The molecule has 0 saturated heterocycles. The molecule has 0 bridgehead atoms. The number of aromatic amines is 1. The predicted octanol–water partition coefficient (Wildman–Crippen LogP) is 4.99. The maximum absolute atomic E-state index is 12.6. The highest BCUT2D eigenvalue weighted by Crippen LogP contribution is 2.29. The summed E-state index contributed by atoms with van der Waals surface area (Å²) in [4.78, 5) is 17.8. The number of nitrogens with one attached hydrogen (secondary N) is 1. The third-order valence-corrected chi connectivity index (χ3v) is 5.39. The summed E-state index contributed by atoms with van der Waals surface area (Å²) in [5, 5.41) is 1.24. The fourth-order valence-electron chi connectivity index (χ4n) is 3.80. The first kappa shape index (κ1) is 18.4. The number of amides is 1. The van der Waals surface area contributed by atoms with E-state index in [1.165, 1.54) is 16.5 Å². The number of benzene rings is 2. The fourth-order valence-corrected chi connectivity index (χ4v) is 3.80. The number of nitrogens with zero attached hydrogens (tertiary/aromatic N) is 1. The molecule has 2 aromatic carbocycles. The Hall–Kier alpha value is -3.01. The lowest BCUT2D eigenvalue weighted by atomic mass is 9.99. The SMILES string of the molecule is CC(C)c1ccccc1OCC(=O)N1CC=C(c2c[nH]c3ccccc23)CC1. The summed E-state index contributed by atoms with van der Waals surface area (Å²) in [5.74, 6) is 1.20. The topological polar surface area (TPSA) is 45.3 Å². The Kier molecular flexibility index (Phi) is 5.20. The molecule has 144 valence electrons. The summed E-state index contributed by atoms with van der Waals surface area (Å²) in [7, 11) is 0. The first-order valence-corrected chi connectivity index (χ1v) is 9.88. The Bertz CT molecular complexity index is 1020. The molecule has 28 heavy (non-hydrogen) atoms. The Balaban J connectivity index is 1.40. The van der Waals surface area contributed by atoms with Gasteiger partial charge in [-0.25, -0.2) is 0 Å². The van der Waals surface area contributed by atoms with Crippen LogP contribution in [0, 0.1) is 0 Å². The van der Waals surface area contributed by atoms with Crippen LogP contribution in [0.15, 0.2) is 60.8 Å². The Morgan fingerprint density at radius 2 is 1.93 bits per heavy atom. The molecule has 1 aliphatic heterocycles. The van der Waals surface area contributed by atoms with Crippen molar-refractivity contribution in [1.29, 1.82) is 0 Å². The lowest BCUT2D eigenvalue weighted by molar-refractivity contribution is -0.132. The molecule has 0 spiro atoms. The van der Waals surface area contributed by atoms with Crippen molar-refractivity contribution in [1.82, 2.24) is 9.88 Å². The van der Waals surface area contributed by atoms with Crippen molar-refractivity contribution in [2.45, 2.75) is 26.2 Å². The second-order valence-electron chi connectivity index (χ2n) is 7.55. The minimum Gasteiger partial charge on any atom is -0.483 e. The van der Waals surface area contributed by atoms with E-state index in [4.69, 9.17) is 4.74 Å². The molecule has 4 heteroatoms. The molecular weight excluding hydrogens is 348 g/mol. The third-order valence-electron chi connectivity index (χ3n) is 5.39. The van der Waals surface area contributed by atoms with Gasteiger partial charge in [0.2, 0.25) is 0 Å². The van der Waals surface area contributed by atoms with E-state index in [9.17, 15) is 4.79 Å². The average molecular weight is 374 g/mol. The van der Waals surface area contributed by atoms with Gasteiger partial charge in [-0.2, -0.15) is 0 Å². The highest BCUT2D eigenvalue weighted by atomic mass is 16.5. The van der Waals surface area contributed by atoms with Crippen molar-refractivity contribution in [3.63, 3.8) is 0 Å². The Labute approximate surface area is 165 Å². The molecule has 4 rings (SSSR count). The van der Waals surface area contributed by atoms with Crippen LogP contribution in [0.1, 0.15) is 37.3 Å². The van der Waals surface area contributed by atoms with Crippen LogP contribution in [0.4, 0.5) is 0 Å². The third kappa shape index (κ3) is 3.68. The lowest BCUT2D eigenvalue weighted by Crippen LogP contribution is -2.37. The molecule has 0 unspecified atom stereocenters. The van der Waals surface area contributed by atoms with Crippen LogP contribution in [-0.2, 0) is 4.79 Å². The van der Waals surface area contributed by atoms with Crippen LogP contribution in [-0.4, -0.2) is 35.5 Å². The van der Waals surface area contributed by atoms with Crippen molar-refractivity contribution in [3.8, 4) is 5.75 Å². The van der Waals surface area contributed by atoms with Crippen LogP contribution >= 0.6 is 0 Å². The molecule has 1 aromatic heterocycles. The van der Waals surface area contributed by atoms with E-state index in [1.54, 1.807) is 0 Å². The maximum atomic E-state index is 12.6. The summed E-state index contributed by atoms with van der Waals surface area (Å²) in [5.41, 5.74) is 4.82.